The number of nitrogens with two attached hydrogens (primary N) is 1. The van der Waals surface area contributed by atoms with Crippen LogP contribution in [0.15, 0.2) is 18.2 Å². The lowest BCUT2D eigenvalue weighted by Crippen LogP contribution is -2.34. The fourth-order valence-corrected chi connectivity index (χ4v) is 2.84. The summed E-state index contributed by atoms with van der Waals surface area (Å²) >= 11 is 5.01. The molecule has 4 heteroatoms. The molecule has 1 saturated carbocycles. The van der Waals surface area contributed by atoms with Crippen LogP contribution in [0.4, 0.5) is 10.1 Å². The molecule has 0 spiro atoms. The Morgan fingerprint density at radius 2 is 2.00 bits per heavy atom. The first-order valence-corrected chi connectivity index (χ1v) is 6.82. The van der Waals surface area contributed by atoms with Crippen molar-refractivity contribution in [3.05, 3.63) is 29.6 Å². The van der Waals surface area contributed by atoms with E-state index in [2.05, 4.69) is 4.90 Å². The third kappa shape index (κ3) is 2.80. The van der Waals surface area contributed by atoms with E-state index >= 15 is 0 Å². The van der Waals surface area contributed by atoms with Crippen LogP contribution in [0.1, 0.15) is 37.7 Å². The average Bonchev–Trinajstić information content (AvgIpc) is 2.39. The summed E-state index contributed by atoms with van der Waals surface area (Å²) in [6, 6.07) is 5.18. The fraction of sp³-hybridized carbons (Fsp3) is 0.500. The van der Waals surface area contributed by atoms with Gasteiger partial charge >= 0.3 is 0 Å². The predicted molar refractivity (Wildman–Crippen MR) is 77.6 cm³/mol. The lowest BCUT2D eigenvalue weighted by atomic mass is 9.94. The molecule has 0 radical (unpaired) electrons. The van der Waals surface area contributed by atoms with E-state index < -0.39 is 0 Å². The molecule has 0 atom stereocenters. The summed E-state index contributed by atoms with van der Waals surface area (Å²) in [4.78, 5) is 2.46. The Morgan fingerprint density at radius 1 is 1.33 bits per heavy atom. The quantitative estimate of drug-likeness (QED) is 0.852. The Hall–Kier alpha value is -1.16. The Kier molecular flexibility index (Phi) is 4.17. The molecule has 2 nitrogen and oxygen atoms in total. The average molecular weight is 266 g/mol. The molecule has 0 heterocycles. The Morgan fingerprint density at radius 3 is 2.61 bits per heavy atom. The van der Waals surface area contributed by atoms with Crippen molar-refractivity contribution in [1.29, 1.82) is 0 Å². The van der Waals surface area contributed by atoms with Crippen LogP contribution in [-0.4, -0.2) is 18.1 Å². The predicted octanol–water partition coefficient (Wildman–Crippen LogP) is 3.23. The van der Waals surface area contributed by atoms with Gasteiger partial charge in [0.05, 0.1) is 0 Å². The molecule has 0 bridgehead atoms. The number of hydrogen-bond donors (Lipinski definition) is 1. The molecular formula is C14H19FN2S. The van der Waals surface area contributed by atoms with E-state index in [0.29, 0.717) is 11.6 Å². The lowest BCUT2D eigenvalue weighted by Gasteiger charge is -2.34. The number of benzene rings is 1. The number of hydrogen-bond acceptors (Lipinski definition) is 2. The van der Waals surface area contributed by atoms with E-state index in [1.807, 2.05) is 7.05 Å². The SMILES string of the molecule is CN(c1ccc(F)cc1C(N)=S)C1CCCCC1. The summed E-state index contributed by atoms with van der Waals surface area (Å²) < 4.78 is 13.3. The van der Waals surface area contributed by atoms with Crippen LogP contribution < -0.4 is 10.6 Å². The number of nitrogens with zero attached hydrogens (tertiary/aromatic N) is 1. The molecule has 1 aliphatic rings. The van der Waals surface area contributed by atoms with Gasteiger partial charge in [0.2, 0.25) is 0 Å². The molecule has 1 fully saturated rings. The van der Waals surface area contributed by atoms with Crippen molar-refractivity contribution in [1.82, 2.24) is 0 Å². The van der Waals surface area contributed by atoms with Crippen molar-refractivity contribution in [2.24, 2.45) is 5.73 Å². The van der Waals surface area contributed by atoms with Crippen molar-refractivity contribution in [2.75, 3.05) is 11.9 Å². The Bertz CT molecular complexity index is 441. The van der Waals surface area contributed by atoms with Crippen molar-refractivity contribution in [3.63, 3.8) is 0 Å². The van der Waals surface area contributed by atoms with Crippen LogP contribution in [0, 0.1) is 5.82 Å². The van der Waals surface area contributed by atoms with Crippen LogP contribution in [0.2, 0.25) is 0 Å². The molecule has 98 valence electrons. The van der Waals surface area contributed by atoms with E-state index in [-0.39, 0.29) is 10.8 Å². The van der Waals surface area contributed by atoms with Gasteiger partial charge in [0.1, 0.15) is 10.8 Å². The normalized spacial score (nSPS) is 16.6. The van der Waals surface area contributed by atoms with E-state index in [1.54, 1.807) is 6.07 Å². The maximum atomic E-state index is 13.3. The molecule has 0 aromatic heterocycles. The van der Waals surface area contributed by atoms with E-state index in [9.17, 15) is 4.39 Å². The van der Waals surface area contributed by atoms with E-state index in [0.717, 1.165) is 5.69 Å². The van der Waals surface area contributed by atoms with Gasteiger partial charge in [-0.05, 0) is 31.0 Å². The van der Waals surface area contributed by atoms with Gasteiger partial charge in [0, 0.05) is 24.3 Å². The topological polar surface area (TPSA) is 29.3 Å². The van der Waals surface area contributed by atoms with Crippen molar-refractivity contribution < 1.29 is 4.39 Å². The van der Waals surface area contributed by atoms with Gasteiger partial charge in [-0.1, -0.05) is 31.5 Å². The molecule has 1 aromatic carbocycles. The first kappa shape index (κ1) is 13.3. The maximum Gasteiger partial charge on any atom is 0.124 e. The molecule has 1 aliphatic carbocycles. The number of rotatable bonds is 3. The minimum absolute atomic E-state index is 0.257. The monoisotopic (exact) mass is 266 g/mol. The zero-order chi connectivity index (χ0) is 13.1. The van der Waals surface area contributed by atoms with Crippen LogP contribution in [0.3, 0.4) is 0 Å². The molecule has 18 heavy (non-hydrogen) atoms. The van der Waals surface area contributed by atoms with E-state index in [4.69, 9.17) is 18.0 Å². The molecule has 0 amide bonds. The number of thiocarbonyl (C=S) groups is 1. The highest BCUT2D eigenvalue weighted by Gasteiger charge is 2.21. The second-order valence-corrected chi connectivity index (χ2v) is 5.37. The summed E-state index contributed by atoms with van der Waals surface area (Å²) in [5.41, 5.74) is 7.27. The van der Waals surface area contributed by atoms with Gasteiger partial charge in [-0.3, -0.25) is 0 Å². The summed E-state index contributed by atoms with van der Waals surface area (Å²) in [5.74, 6) is -0.293. The van der Waals surface area contributed by atoms with Gasteiger partial charge in [-0.25, -0.2) is 4.39 Å². The molecule has 1 aromatic rings. The third-order valence-corrected chi connectivity index (χ3v) is 3.95. The minimum atomic E-state index is -0.293. The Balaban J connectivity index is 2.28. The van der Waals surface area contributed by atoms with Crippen LogP contribution in [-0.2, 0) is 0 Å². The second kappa shape index (κ2) is 5.65. The Labute approximate surface area is 113 Å². The standard InChI is InChI=1S/C14H19FN2S/c1-17(11-5-3-2-4-6-11)13-8-7-10(15)9-12(13)14(16)18/h7-9,11H,2-6H2,1H3,(H2,16,18). The molecule has 0 unspecified atom stereocenters. The minimum Gasteiger partial charge on any atom is -0.389 e. The van der Waals surface area contributed by atoms with Crippen molar-refractivity contribution in [3.8, 4) is 0 Å². The zero-order valence-corrected chi connectivity index (χ0v) is 11.5. The van der Waals surface area contributed by atoms with Gasteiger partial charge in [0.15, 0.2) is 0 Å². The highest BCUT2D eigenvalue weighted by atomic mass is 32.1. The van der Waals surface area contributed by atoms with Crippen molar-refractivity contribution >= 4 is 22.9 Å². The van der Waals surface area contributed by atoms with Crippen LogP contribution in [0.5, 0.6) is 0 Å². The van der Waals surface area contributed by atoms with Gasteiger partial charge in [-0.15, -0.1) is 0 Å². The largest absolute Gasteiger partial charge is 0.389 e. The maximum absolute atomic E-state index is 13.3. The smallest absolute Gasteiger partial charge is 0.124 e. The second-order valence-electron chi connectivity index (χ2n) is 4.93. The van der Waals surface area contributed by atoms with Crippen LogP contribution in [0.25, 0.3) is 0 Å². The molecule has 2 rings (SSSR count). The zero-order valence-electron chi connectivity index (χ0n) is 10.7. The van der Waals surface area contributed by atoms with Gasteiger partial charge in [-0.2, -0.15) is 0 Å². The number of anilines is 1. The van der Waals surface area contributed by atoms with Crippen molar-refractivity contribution in [2.45, 2.75) is 38.1 Å². The lowest BCUT2D eigenvalue weighted by molar-refractivity contribution is 0.427. The first-order chi connectivity index (χ1) is 8.59. The number of halogens is 1. The molecule has 0 aliphatic heterocycles. The summed E-state index contributed by atoms with van der Waals surface area (Å²) in [7, 11) is 2.05. The van der Waals surface area contributed by atoms with E-state index in [1.165, 1.54) is 44.2 Å². The molecular weight excluding hydrogens is 247 g/mol. The highest BCUT2D eigenvalue weighted by Crippen LogP contribution is 2.28. The van der Waals surface area contributed by atoms with Crippen LogP contribution >= 0.6 is 12.2 Å². The summed E-state index contributed by atoms with van der Waals surface area (Å²) in [5, 5.41) is 0. The molecule has 0 saturated heterocycles. The molecule has 2 N–H and O–H groups in total. The fourth-order valence-electron chi connectivity index (χ4n) is 2.68. The summed E-state index contributed by atoms with van der Waals surface area (Å²) in [6.45, 7) is 0. The van der Waals surface area contributed by atoms with Gasteiger partial charge in [0.25, 0.3) is 0 Å². The summed E-state index contributed by atoms with van der Waals surface area (Å²) in [6.07, 6.45) is 6.21. The highest BCUT2D eigenvalue weighted by molar-refractivity contribution is 7.80. The third-order valence-electron chi connectivity index (χ3n) is 3.73. The van der Waals surface area contributed by atoms with Gasteiger partial charge < -0.3 is 10.6 Å². The first-order valence-electron chi connectivity index (χ1n) is 6.42.